The summed E-state index contributed by atoms with van der Waals surface area (Å²) in [5.41, 5.74) is -12.0. The van der Waals surface area contributed by atoms with Crippen LogP contribution >= 0.6 is 23.2 Å². The standard InChI is InChI=1S/2C19H18ClF7O2/c2*1-8-11(21)13(23)9(14(24)12(8)22)7-29-15(28)18(5)16(2,3)17(18,4)6-10(20)19(25,26)27/h2*6H,7H2,1-5H3/b2*10-6-/t2*17-,18+/m10/s1. The fourth-order valence-corrected chi connectivity index (χ4v) is 7.85. The molecule has 0 amide bonds. The van der Waals surface area contributed by atoms with E-state index in [2.05, 4.69) is 0 Å². The van der Waals surface area contributed by atoms with E-state index in [1.807, 2.05) is 0 Å². The summed E-state index contributed by atoms with van der Waals surface area (Å²) in [6, 6.07) is 0. The highest BCUT2D eigenvalue weighted by molar-refractivity contribution is 6.30. The highest BCUT2D eigenvalue weighted by Gasteiger charge is 2.82. The number of esters is 2. The molecule has 0 aromatic heterocycles. The molecule has 0 saturated heterocycles. The molecule has 0 bridgehead atoms. The minimum absolute atomic E-state index is 0.697. The first-order chi connectivity index (χ1) is 25.9. The second-order valence-electron chi connectivity index (χ2n) is 15.8. The van der Waals surface area contributed by atoms with Crippen LogP contribution in [0.4, 0.5) is 61.5 Å². The van der Waals surface area contributed by atoms with Gasteiger partial charge in [0, 0.05) is 22.0 Å². The van der Waals surface area contributed by atoms with Gasteiger partial charge in [0.2, 0.25) is 0 Å². The molecule has 2 fully saturated rings. The highest BCUT2D eigenvalue weighted by Crippen LogP contribution is 2.80. The Morgan fingerprint density at radius 1 is 0.500 bits per heavy atom. The molecule has 2 aromatic carbocycles. The number of benzene rings is 2. The van der Waals surface area contributed by atoms with Gasteiger partial charge in [-0.15, -0.1) is 0 Å². The van der Waals surface area contributed by atoms with Gasteiger partial charge >= 0.3 is 24.3 Å². The Labute approximate surface area is 333 Å². The Bertz CT molecular complexity index is 1900. The maximum absolute atomic E-state index is 13.9. The van der Waals surface area contributed by atoms with Crippen molar-refractivity contribution in [2.45, 2.75) is 94.8 Å². The summed E-state index contributed by atoms with van der Waals surface area (Å²) in [5.74, 6) is -15.5. The van der Waals surface area contributed by atoms with Crippen LogP contribution in [-0.4, -0.2) is 24.3 Å². The lowest BCUT2D eigenvalue weighted by Gasteiger charge is -2.17. The van der Waals surface area contributed by atoms with Crippen molar-refractivity contribution in [2.24, 2.45) is 32.5 Å². The lowest BCUT2D eigenvalue weighted by molar-refractivity contribution is -0.154. The number of carbonyl (C=O) groups excluding carboxylic acids is 2. The van der Waals surface area contributed by atoms with Crippen molar-refractivity contribution < 1.29 is 80.5 Å². The second kappa shape index (κ2) is 15.2. The molecule has 0 radical (unpaired) electrons. The highest BCUT2D eigenvalue weighted by atomic mass is 35.5. The van der Waals surface area contributed by atoms with Crippen LogP contribution in [0.1, 0.15) is 77.6 Å². The molecule has 2 aromatic rings. The second-order valence-corrected chi connectivity index (χ2v) is 16.6. The number of hydrogen-bond acceptors (Lipinski definition) is 4. The number of alkyl halides is 6. The van der Waals surface area contributed by atoms with Gasteiger partial charge in [0.15, 0.2) is 46.5 Å². The SMILES string of the molecule is Cc1c(F)c(F)c(COC(=O)[C@@]2(C)C(C)(C)[C@@]2(C)/C=C(\Cl)C(F)(F)F)c(F)c1F.Cc1c(F)c(F)c(COC(=O)[C@]2(C)C(C)(C)[C@]2(C)/C=C(\Cl)C(F)(F)F)c(F)c1F. The summed E-state index contributed by atoms with van der Waals surface area (Å²) in [7, 11) is 0. The van der Waals surface area contributed by atoms with Gasteiger partial charge in [-0.25, -0.2) is 35.1 Å². The molecule has 4 nitrogen and oxygen atoms in total. The van der Waals surface area contributed by atoms with Crippen LogP contribution < -0.4 is 0 Å². The lowest BCUT2D eigenvalue weighted by atomic mass is 9.95. The Morgan fingerprint density at radius 2 is 0.724 bits per heavy atom. The van der Waals surface area contributed by atoms with Crippen molar-refractivity contribution in [1.82, 2.24) is 0 Å². The largest absolute Gasteiger partial charge is 0.460 e. The number of allylic oxidation sites excluding steroid dienone is 4. The van der Waals surface area contributed by atoms with E-state index < -0.39 is 149 Å². The summed E-state index contributed by atoms with van der Waals surface area (Å²) in [5, 5.41) is -2.85. The molecule has 0 heterocycles. The number of halogens is 16. The normalized spacial score (nSPS) is 26.4. The Morgan fingerprint density at radius 3 is 0.931 bits per heavy atom. The molecule has 58 heavy (non-hydrogen) atoms. The first-order valence-corrected chi connectivity index (χ1v) is 17.5. The number of rotatable bonds is 8. The van der Waals surface area contributed by atoms with Crippen LogP contribution in [0, 0.1) is 92.9 Å². The topological polar surface area (TPSA) is 52.6 Å². The van der Waals surface area contributed by atoms with Crippen molar-refractivity contribution in [3.8, 4) is 0 Å². The van der Waals surface area contributed by atoms with Gasteiger partial charge in [-0.2, -0.15) is 26.3 Å². The monoisotopic (exact) mass is 892 g/mol. The maximum atomic E-state index is 13.9. The average molecular weight is 894 g/mol. The van der Waals surface area contributed by atoms with E-state index in [0.717, 1.165) is 13.8 Å². The fraction of sp³-hybridized carbons (Fsp3) is 0.526. The summed E-state index contributed by atoms with van der Waals surface area (Å²) in [4.78, 5) is 25.2. The van der Waals surface area contributed by atoms with Crippen LogP contribution in [0.15, 0.2) is 22.2 Å². The third kappa shape index (κ3) is 7.25. The average Bonchev–Trinajstić information content (AvgIpc) is 3.66. The van der Waals surface area contributed by atoms with Gasteiger partial charge in [0.1, 0.15) is 23.3 Å². The predicted molar refractivity (Wildman–Crippen MR) is 182 cm³/mol. The van der Waals surface area contributed by atoms with Gasteiger partial charge in [0.05, 0.1) is 22.0 Å². The van der Waals surface area contributed by atoms with Crippen molar-refractivity contribution in [1.29, 1.82) is 0 Å². The van der Waals surface area contributed by atoms with Crippen LogP contribution in [0.25, 0.3) is 0 Å². The number of ether oxygens (including phenoxy) is 2. The molecule has 0 aliphatic heterocycles. The summed E-state index contributed by atoms with van der Waals surface area (Å²) < 4.78 is 197. The number of hydrogen-bond donors (Lipinski definition) is 0. The number of carbonyl (C=O) groups is 2. The third-order valence-corrected chi connectivity index (χ3v) is 13.7. The molecule has 2 aliphatic rings. The smallest absolute Gasteiger partial charge is 0.426 e. The van der Waals surface area contributed by atoms with Gasteiger partial charge in [0.25, 0.3) is 0 Å². The molecule has 20 heteroatoms. The Kier molecular flexibility index (Phi) is 12.8. The first-order valence-electron chi connectivity index (χ1n) is 16.8. The van der Waals surface area contributed by atoms with Crippen LogP contribution in [0.3, 0.4) is 0 Å². The van der Waals surface area contributed by atoms with Crippen LogP contribution in [0.5, 0.6) is 0 Å². The van der Waals surface area contributed by atoms with E-state index in [-0.39, 0.29) is 0 Å². The lowest BCUT2D eigenvalue weighted by Crippen LogP contribution is -2.24. The van der Waals surface area contributed by atoms with Gasteiger partial charge in [-0.3, -0.25) is 9.59 Å². The van der Waals surface area contributed by atoms with E-state index in [1.54, 1.807) is 0 Å². The molecule has 0 spiro atoms. The molecular weight excluding hydrogens is 857 g/mol. The molecule has 324 valence electrons. The molecular formula is C38H36Cl2F14O4. The van der Waals surface area contributed by atoms with E-state index in [4.69, 9.17) is 32.7 Å². The zero-order valence-corrected chi connectivity index (χ0v) is 33.8. The quantitative estimate of drug-likeness (QED) is 0.151. The predicted octanol–water partition coefficient (Wildman–Crippen LogP) is 12.7. The van der Waals surface area contributed by atoms with E-state index in [1.165, 1.54) is 55.4 Å². The zero-order valence-electron chi connectivity index (χ0n) is 32.2. The minimum atomic E-state index is -4.82. The maximum Gasteiger partial charge on any atom is 0.426 e. The van der Waals surface area contributed by atoms with E-state index >= 15 is 0 Å². The summed E-state index contributed by atoms with van der Waals surface area (Å²) >= 11 is 10.6. The van der Waals surface area contributed by atoms with Crippen molar-refractivity contribution in [2.75, 3.05) is 0 Å². The first kappa shape index (κ1) is 48.8. The Balaban J connectivity index is 0.000000310. The third-order valence-electron chi connectivity index (χ3n) is 13.1. The fourth-order valence-electron chi connectivity index (χ4n) is 7.41. The van der Waals surface area contributed by atoms with Gasteiger partial charge in [-0.05, 0) is 38.5 Å². The molecule has 0 unspecified atom stereocenters. The van der Waals surface area contributed by atoms with Crippen LogP contribution in [-0.2, 0) is 32.3 Å². The van der Waals surface area contributed by atoms with Crippen molar-refractivity contribution in [3.05, 3.63) is 91.0 Å². The van der Waals surface area contributed by atoms with Gasteiger partial charge in [-0.1, -0.05) is 76.9 Å². The minimum Gasteiger partial charge on any atom is -0.460 e. The zero-order chi connectivity index (χ0) is 45.5. The molecule has 2 aliphatic carbocycles. The van der Waals surface area contributed by atoms with E-state index in [9.17, 15) is 71.1 Å². The van der Waals surface area contributed by atoms with Crippen molar-refractivity contribution in [3.63, 3.8) is 0 Å². The van der Waals surface area contributed by atoms with Crippen molar-refractivity contribution >= 4 is 35.1 Å². The van der Waals surface area contributed by atoms with E-state index in [0.29, 0.717) is 12.2 Å². The molecule has 0 N–H and O–H groups in total. The molecule has 4 rings (SSSR count). The summed E-state index contributed by atoms with van der Waals surface area (Å²) in [6.45, 7) is 10.7. The molecule has 2 saturated carbocycles. The Hall–Kier alpha value is -3.54. The molecule has 4 atom stereocenters. The van der Waals surface area contributed by atoms with Crippen LogP contribution in [0.2, 0.25) is 0 Å². The van der Waals surface area contributed by atoms with Gasteiger partial charge < -0.3 is 9.47 Å². The summed E-state index contributed by atoms with van der Waals surface area (Å²) in [6.07, 6.45) is -8.25.